The first-order chi connectivity index (χ1) is 9.40. The molecule has 1 aromatic heterocycles. The zero-order valence-electron chi connectivity index (χ0n) is 10.6. The molecular formula is C13H10O7. The van der Waals surface area contributed by atoms with Crippen LogP contribution >= 0.6 is 0 Å². The van der Waals surface area contributed by atoms with Crippen LogP contribution in [0.15, 0.2) is 27.4 Å². The molecule has 0 saturated heterocycles. The van der Waals surface area contributed by atoms with Crippen LogP contribution in [0, 0.1) is 0 Å². The summed E-state index contributed by atoms with van der Waals surface area (Å²) < 4.78 is 14.4. The zero-order chi connectivity index (χ0) is 14.9. The van der Waals surface area contributed by atoms with Crippen LogP contribution in [0.5, 0.6) is 17.2 Å². The van der Waals surface area contributed by atoms with Gasteiger partial charge in [0.25, 0.3) is 5.75 Å². The van der Waals surface area contributed by atoms with Crippen LogP contribution in [-0.2, 0) is 9.59 Å². The first-order valence-corrected chi connectivity index (χ1v) is 5.55. The van der Waals surface area contributed by atoms with Crippen LogP contribution in [0.25, 0.3) is 11.0 Å². The maximum absolute atomic E-state index is 11.7. The van der Waals surface area contributed by atoms with Gasteiger partial charge in [-0.05, 0) is 12.1 Å². The predicted octanol–water partition coefficient (Wildman–Crippen LogP) is 1.35. The molecule has 2 rings (SSSR count). The van der Waals surface area contributed by atoms with Crippen molar-refractivity contribution in [2.24, 2.45) is 0 Å². The second kappa shape index (κ2) is 5.04. The number of para-hydroxylation sites is 1. The smallest absolute Gasteiger partial charge is 0.383 e. The number of fused-ring (bicyclic) bond motifs is 1. The molecule has 104 valence electrons. The van der Waals surface area contributed by atoms with Gasteiger partial charge in [0.1, 0.15) is 0 Å². The van der Waals surface area contributed by atoms with E-state index in [9.17, 15) is 19.5 Å². The highest BCUT2D eigenvalue weighted by Crippen LogP contribution is 2.35. The minimum absolute atomic E-state index is 0.0169. The number of rotatable bonds is 2. The van der Waals surface area contributed by atoms with Crippen molar-refractivity contribution in [2.75, 3.05) is 0 Å². The highest BCUT2D eigenvalue weighted by atomic mass is 16.6. The number of carbonyl (C=O) groups is 2. The summed E-state index contributed by atoms with van der Waals surface area (Å²) in [5.74, 6) is -2.56. The number of hydrogen-bond acceptors (Lipinski definition) is 7. The van der Waals surface area contributed by atoms with Gasteiger partial charge in [-0.3, -0.25) is 9.59 Å². The van der Waals surface area contributed by atoms with E-state index >= 15 is 0 Å². The molecule has 0 bridgehead atoms. The number of aromatic hydroxyl groups is 1. The Bertz CT molecular complexity index is 757. The van der Waals surface area contributed by atoms with E-state index in [2.05, 4.69) is 4.74 Å². The largest absolute Gasteiger partial charge is 0.504 e. The van der Waals surface area contributed by atoms with Crippen molar-refractivity contribution in [1.82, 2.24) is 0 Å². The Morgan fingerprint density at radius 1 is 1.15 bits per heavy atom. The summed E-state index contributed by atoms with van der Waals surface area (Å²) in [6, 6.07) is 4.31. The second-order valence-electron chi connectivity index (χ2n) is 3.89. The molecular weight excluding hydrogens is 268 g/mol. The van der Waals surface area contributed by atoms with Gasteiger partial charge >= 0.3 is 17.6 Å². The molecule has 0 radical (unpaired) electrons. The van der Waals surface area contributed by atoms with E-state index in [1.165, 1.54) is 25.1 Å². The highest BCUT2D eigenvalue weighted by Gasteiger charge is 2.19. The van der Waals surface area contributed by atoms with Crippen molar-refractivity contribution in [3.8, 4) is 17.2 Å². The third-order valence-corrected chi connectivity index (χ3v) is 2.33. The third kappa shape index (κ3) is 2.46. The fourth-order valence-electron chi connectivity index (χ4n) is 1.63. The molecule has 0 aliphatic rings. The summed E-state index contributed by atoms with van der Waals surface area (Å²) in [6.07, 6.45) is 0. The molecule has 2 aromatic rings. The number of hydrogen-bond donors (Lipinski definition) is 1. The highest BCUT2D eigenvalue weighted by molar-refractivity contribution is 5.91. The average Bonchev–Trinajstić information content (AvgIpc) is 2.35. The van der Waals surface area contributed by atoms with Crippen molar-refractivity contribution in [3.05, 3.63) is 28.6 Å². The van der Waals surface area contributed by atoms with Crippen molar-refractivity contribution in [3.63, 3.8) is 0 Å². The predicted molar refractivity (Wildman–Crippen MR) is 66.8 cm³/mol. The lowest BCUT2D eigenvalue weighted by Crippen LogP contribution is -2.11. The van der Waals surface area contributed by atoms with Gasteiger partial charge in [0.2, 0.25) is 0 Å². The van der Waals surface area contributed by atoms with E-state index in [4.69, 9.17) is 9.15 Å². The summed E-state index contributed by atoms with van der Waals surface area (Å²) in [5.41, 5.74) is -1.16. The minimum atomic E-state index is -1.05. The summed E-state index contributed by atoms with van der Waals surface area (Å²) in [5, 5.41) is 10.0. The summed E-state index contributed by atoms with van der Waals surface area (Å²) in [4.78, 5) is 33.5. The van der Waals surface area contributed by atoms with Gasteiger partial charge in [0.15, 0.2) is 17.1 Å². The fourth-order valence-corrected chi connectivity index (χ4v) is 1.63. The van der Waals surface area contributed by atoms with Crippen LogP contribution in [-0.4, -0.2) is 17.0 Å². The van der Waals surface area contributed by atoms with Crippen molar-refractivity contribution < 1.29 is 28.6 Å². The van der Waals surface area contributed by atoms with E-state index in [0.717, 1.165) is 6.92 Å². The molecule has 0 aliphatic heterocycles. The van der Waals surface area contributed by atoms with Crippen LogP contribution in [0.3, 0.4) is 0 Å². The lowest BCUT2D eigenvalue weighted by atomic mass is 10.2. The molecule has 0 saturated carbocycles. The van der Waals surface area contributed by atoms with Gasteiger partial charge < -0.3 is 19.0 Å². The quantitative estimate of drug-likeness (QED) is 0.502. The van der Waals surface area contributed by atoms with Gasteiger partial charge in [-0.15, -0.1) is 0 Å². The van der Waals surface area contributed by atoms with E-state index in [0.29, 0.717) is 0 Å². The lowest BCUT2D eigenvalue weighted by Gasteiger charge is -2.08. The molecule has 1 heterocycles. The fraction of sp³-hybridized carbons (Fsp3) is 0.154. The van der Waals surface area contributed by atoms with Gasteiger partial charge in [-0.2, -0.15) is 0 Å². The Kier molecular flexibility index (Phi) is 3.43. The number of benzene rings is 1. The summed E-state index contributed by atoms with van der Waals surface area (Å²) in [7, 11) is 0. The van der Waals surface area contributed by atoms with Crippen molar-refractivity contribution >= 4 is 22.9 Å². The van der Waals surface area contributed by atoms with Gasteiger partial charge in [-0.25, -0.2) is 4.79 Å². The first-order valence-electron chi connectivity index (χ1n) is 5.55. The zero-order valence-corrected chi connectivity index (χ0v) is 10.6. The number of carbonyl (C=O) groups excluding carboxylic acids is 2. The molecule has 7 nitrogen and oxygen atoms in total. The normalized spacial score (nSPS) is 10.3. The molecule has 1 N–H and O–H groups in total. The summed E-state index contributed by atoms with van der Waals surface area (Å²) >= 11 is 0. The van der Waals surface area contributed by atoms with Crippen molar-refractivity contribution in [2.45, 2.75) is 13.8 Å². The Hall–Kier alpha value is -2.83. The Morgan fingerprint density at radius 2 is 1.80 bits per heavy atom. The van der Waals surface area contributed by atoms with Gasteiger partial charge in [0.05, 0.1) is 5.39 Å². The Labute approximate surface area is 112 Å². The third-order valence-electron chi connectivity index (χ3n) is 2.33. The van der Waals surface area contributed by atoms with Crippen LogP contribution < -0.4 is 15.1 Å². The van der Waals surface area contributed by atoms with Gasteiger partial charge in [-0.1, -0.05) is 6.07 Å². The molecule has 1 aromatic carbocycles. The first kappa shape index (κ1) is 13.6. The van der Waals surface area contributed by atoms with Gasteiger partial charge in [0, 0.05) is 13.8 Å². The standard InChI is InChI=1S/C13H10O7/c1-6(14)18-9-5-3-4-8-10(16)12(19-7(2)15)13(17)20-11(8)9/h3-5,16H,1-2H3. The molecule has 0 fully saturated rings. The van der Waals surface area contributed by atoms with Crippen LogP contribution in [0.2, 0.25) is 0 Å². The van der Waals surface area contributed by atoms with Crippen LogP contribution in [0.1, 0.15) is 13.8 Å². The molecule has 0 atom stereocenters. The molecule has 0 amide bonds. The Morgan fingerprint density at radius 3 is 2.40 bits per heavy atom. The monoisotopic (exact) mass is 278 g/mol. The van der Waals surface area contributed by atoms with Crippen LogP contribution in [0.4, 0.5) is 0 Å². The maximum Gasteiger partial charge on any atom is 0.383 e. The lowest BCUT2D eigenvalue weighted by molar-refractivity contribution is -0.132. The molecule has 7 heteroatoms. The number of esters is 2. The maximum atomic E-state index is 11.7. The Balaban J connectivity index is 2.72. The van der Waals surface area contributed by atoms with E-state index in [-0.39, 0.29) is 16.7 Å². The minimum Gasteiger partial charge on any atom is -0.504 e. The van der Waals surface area contributed by atoms with E-state index < -0.39 is 29.1 Å². The molecule has 0 aliphatic carbocycles. The summed E-state index contributed by atoms with van der Waals surface area (Å²) in [6.45, 7) is 2.27. The number of ether oxygens (including phenoxy) is 2. The van der Waals surface area contributed by atoms with E-state index in [1.54, 1.807) is 0 Å². The van der Waals surface area contributed by atoms with E-state index in [1.807, 2.05) is 0 Å². The molecule has 0 unspecified atom stereocenters. The average molecular weight is 278 g/mol. The van der Waals surface area contributed by atoms with Crippen molar-refractivity contribution in [1.29, 1.82) is 0 Å². The SMILES string of the molecule is CC(=O)Oc1c(O)c2cccc(OC(C)=O)c2oc1=O. The molecule has 20 heavy (non-hydrogen) atoms. The topological polar surface area (TPSA) is 103 Å². The second-order valence-corrected chi connectivity index (χ2v) is 3.89. The molecule has 0 spiro atoms.